The molecular weight excluding hydrogens is 282 g/mol. The summed E-state index contributed by atoms with van der Waals surface area (Å²) in [6.07, 6.45) is 2.12. The van der Waals surface area contributed by atoms with Crippen molar-refractivity contribution in [2.24, 2.45) is 5.92 Å². The topological polar surface area (TPSA) is 61.9 Å². The third-order valence-corrected chi connectivity index (χ3v) is 4.21. The van der Waals surface area contributed by atoms with Crippen LogP contribution in [0, 0.1) is 5.92 Å². The molecule has 6 nitrogen and oxygen atoms in total. The van der Waals surface area contributed by atoms with Gasteiger partial charge in [-0.05, 0) is 37.1 Å². The minimum atomic E-state index is -0.256. The summed E-state index contributed by atoms with van der Waals surface area (Å²) in [5, 5.41) is 0. The van der Waals surface area contributed by atoms with E-state index in [-0.39, 0.29) is 5.91 Å². The van der Waals surface area contributed by atoms with Gasteiger partial charge in [-0.1, -0.05) is 0 Å². The standard InChI is InChI=1S/C16H21N3O3/c1-22-17-15(20)12-4-6-14(7-5-12)18-8-10-19(11-9-18)16(21)13-2-3-13/h4-7,13H,2-3,8-11H2,1H3,(H,17,20). The molecule has 1 aliphatic heterocycles. The Morgan fingerprint density at radius 2 is 1.73 bits per heavy atom. The van der Waals surface area contributed by atoms with E-state index in [4.69, 9.17) is 0 Å². The van der Waals surface area contributed by atoms with Crippen molar-refractivity contribution >= 4 is 17.5 Å². The van der Waals surface area contributed by atoms with E-state index in [9.17, 15) is 9.59 Å². The second kappa shape index (κ2) is 6.36. The molecule has 2 fully saturated rings. The molecule has 6 heteroatoms. The van der Waals surface area contributed by atoms with Crippen LogP contribution in [0.1, 0.15) is 23.2 Å². The normalized spacial score (nSPS) is 18.2. The molecule has 0 aromatic heterocycles. The van der Waals surface area contributed by atoms with Gasteiger partial charge in [0, 0.05) is 43.3 Å². The molecule has 22 heavy (non-hydrogen) atoms. The SMILES string of the molecule is CONC(=O)c1ccc(N2CCN(C(=O)C3CC3)CC2)cc1. The zero-order valence-corrected chi connectivity index (χ0v) is 12.7. The summed E-state index contributed by atoms with van der Waals surface area (Å²) >= 11 is 0. The highest BCUT2D eigenvalue weighted by Crippen LogP contribution is 2.31. The predicted octanol–water partition coefficient (Wildman–Crippen LogP) is 1.04. The van der Waals surface area contributed by atoms with Crippen molar-refractivity contribution in [3.05, 3.63) is 29.8 Å². The first-order valence-electron chi connectivity index (χ1n) is 7.66. The summed E-state index contributed by atoms with van der Waals surface area (Å²) in [7, 11) is 1.41. The second-order valence-corrected chi connectivity index (χ2v) is 5.77. The number of amides is 2. The Hall–Kier alpha value is -2.08. The quantitative estimate of drug-likeness (QED) is 0.844. The summed E-state index contributed by atoms with van der Waals surface area (Å²) in [4.78, 5) is 32.5. The highest BCUT2D eigenvalue weighted by atomic mass is 16.6. The molecule has 1 aliphatic carbocycles. The van der Waals surface area contributed by atoms with Crippen LogP contribution in [-0.2, 0) is 9.63 Å². The van der Waals surface area contributed by atoms with Crippen LogP contribution in [0.2, 0.25) is 0 Å². The summed E-state index contributed by atoms with van der Waals surface area (Å²) in [6.45, 7) is 3.23. The average molecular weight is 303 g/mol. The van der Waals surface area contributed by atoms with E-state index in [0.29, 0.717) is 17.4 Å². The lowest BCUT2D eigenvalue weighted by molar-refractivity contribution is -0.132. The molecule has 118 valence electrons. The van der Waals surface area contributed by atoms with Crippen molar-refractivity contribution in [1.82, 2.24) is 10.4 Å². The lowest BCUT2D eigenvalue weighted by atomic mass is 10.1. The van der Waals surface area contributed by atoms with E-state index < -0.39 is 0 Å². The van der Waals surface area contributed by atoms with Crippen molar-refractivity contribution < 1.29 is 14.4 Å². The third-order valence-electron chi connectivity index (χ3n) is 4.21. The van der Waals surface area contributed by atoms with Crippen LogP contribution in [0.3, 0.4) is 0 Å². The molecular formula is C16H21N3O3. The van der Waals surface area contributed by atoms with Crippen LogP contribution in [0.15, 0.2) is 24.3 Å². The van der Waals surface area contributed by atoms with Crippen LogP contribution in [0.25, 0.3) is 0 Å². The first kappa shape index (κ1) is 14.8. The van der Waals surface area contributed by atoms with Gasteiger partial charge in [0.1, 0.15) is 0 Å². The fraction of sp³-hybridized carbons (Fsp3) is 0.500. The number of nitrogens with one attached hydrogen (secondary N) is 1. The molecule has 0 radical (unpaired) electrons. The number of nitrogens with zero attached hydrogens (tertiary/aromatic N) is 2. The lowest BCUT2D eigenvalue weighted by Gasteiger charge is -2.36. The Bertz CT molecular complexity index is 546. The maximum Gasteiger partial charge on any atom is 0.274 e. The zero-order chi connectivity index (χ0) is 15.5. The van der Waals surface area contributed by atoms with Gasteiger partial charge in [-0.25, -0.2) is 5.48 Å². The molecule has 0 atom stereocenters. The highest BCUT2D eigenvalue weighted by Gasteiger charge is 2.34. The number of carbonyl (C=O) groups is 2. The number of hydroxylamine groups is 1. The van der Waals surface area contributed by atoms with Crippen LogP contribution in [0.4, 0.5) is 5.69 Å². The fourth-order valence-electron chi connectivity index (χ4n) is 2.75. The molecule has 0 unspecified atom stereocenters. The van der Waals surface area contributed by atoms with Crippen LogP contribution < -0.4 is 10.4 Å². The maximum absolute atomic E-state index is 12.0. The Balaban J connectivity index is 1.56. The number of hydrogen-bond donors (Lipinski definition) is 1. The summed E-state index contributed by atoms with van der Waals surface area (Å²) in [5.74, 6) is 0.366. The van der Waals surface area contributed by atoms with Gasteiger partial charge in [0.05, 0.1) is 7.11 Å². The minimum Gasteiger partial charge on any atom is -0.368 e. The Morgan fingerprint density at radius 1 is 1.09 bits per heavy atom. The van der Waals surface area contributed by atoms with Crippen LogP contribution >= 0.6 is 0 Å². The first-order valence-corrected chi connectivity index (χ1v) is 7.66. The maximum atomic E-state index is 12.0. The van der Waals surface area contributed by atoms with E-state index in [1.807, 2.05) is 17.0 Å². The highest BCUT2D eigenvalue weighted by molar-refractivity contribution is 5.93. The van der Waals surface area contributed by atoms with Crippen molar-refractivity contribution in [3.8, 4) is 0 Å². The molecule has 3 rings (SSSR count). The summed E-state index contributed by atoms with van der Waals surface area (Å²) in [5.41, 5.74) is 3.94. The van der Waals surface area contributed by atoms with Crippen LogP contribution in [-0.4, -0.2) is 50.0 Å². The monoisotopic (exact) mass is 303 g/mol. The first-order chi connectivity index (χ1) is 10.7. The number of hydrogen-bond acceptors (Lipinski definition) is 4. The molecule has 1 aromatic rings. The van der Waals surface area contributed by atoms with Crippen molar-refractivity contribution in [3.63, 3.8) is 0 Å². The number of benzene rings is 1. The van der Waals surface area contributed by atoms with Crippen molar-refractivity contribution in [1.29, 1.82) is 0 Å². The van der Waals surface area contributed by atoms with Gasteiger partial charge in [0.2, 0.25) is 5.91 Å². The number of rotatable bonds is 4. The van der Waals surface area contributed by atoms with Crippen molar-refractivity contribution in [2.75, 3.05) is 38.2 Å². The molecule has 0 bridgehead atoms. The smallest absolute Gasteiger partial charge is 0.274 e. The Labute approximate surface area is 130 Å². The van der Waals surface area contributed by atoms with Crippen LogP contribution in [0.5, 0.6) is 0 Å². The lowest BCUT2D eigenvalue weighted by Crippen LogP contribution is -2.49. The molecule has 1 saturated carbocycles. The second-order valence-electron chi connectivity index (χ2n) is 5.77. The predicted molar refractivity (Wildman–Crippen MR) is 82.4 cm³/mol. The molecule has 1 aromatic carbocycles. The molecule has 1 saturated heterocycles. The average Bonchev–Trinajstić information content (AvgIpc) is 3.40. The van der Waals surface area contributed by atoms with Gasteiger partial charge in [-0.15, -0.1) is 0 Å². The number of piperazine rings is 1. The van der Waals surface area contributed by atoms with Gasteiger partial charge in [-0.2, -0.15) is 0 Å². The molecule has 1 N–H and O–H groups in total. The molecule has 2 amide bonds. The molecule has 1 heterocycles. The molecule has 2 aliphatic rings. The van der Waals surface area contributed by atoms with E-state index in [2.05, 4.69) is 15.2 Å². The van der Waals surface area contributed by atoms with E-state index in [1.54, 1.807) is 12.1 Å². The van der Waals surface area contributed by atoms with E-state index in [1.165, 1.54) is 7.11 Å². The Kier molecular flexibility index (Phi) is 4.29. The van der Waals surface area contributed by atoms with E-state index >= 15 is 0 Å². The number of anilines is 1. The fourth-order valence-corrected chi connectivity index (χ4v) is 2.75. The summed E-state index contributed by atoms with van der Waals surface area (Å²) < 4.78 is 0. The van der Waals surface area contributed by atoms with Gasteiger partial charge in [0.15, 0.2) is 0 Å². The van der Waals surface area contributed by atoms with Gasteiger partial charge < -0.3 is 9.80 Å². The third kappa shape index (κ3) is 3.22. The van der Waals surface area contributed by atoms with Gasteiger partial charge >= 0.3 is 0 Å². The van der Waals surface area contributed by atoms with Gasteiger partial charge in [-0.3, -0.25) is 14.4 Å². The number of carbonyl (C=O) groups excluding carboxylic acids is 2. The van der Waals surface area contributed by atoms with Gasteiger partial charge in [0.25, 0.3) is 5.91 Å². The Morgan fingerprint density at radius 3 is 2.27 bits per heavy atom. The summed E-state index contributed by atoms with van der Waals surface area (Å²) in [6, 6.07) is 7.43. The molecule has 0 spiro atoms. The van der Waals surface area contributed by atoms with Crippen molar-refractivity contribution in [2.45, 2.75) is 12.8 Å². The zero-order valence-electron chi connectivity index (χ0n) is 12.7. The largest absolute Gasteiger partial charge is 0.368 e. The van der Waals surface area contributed by atoms with E-state index in [0.717, 1.165) is 44.7 Å². The minimum absolute atomic E-state index is 0.256.